The lowest BCUT2D eigenvalue weighted by atomic mass is 9.84. The van der Waals surface area contributed by atoms with Crippen LogP contribution in [-0.2, 0) is 17.8 Å². The van der Waals surface area contributed by atoms with E-state index in [4.69, 9.17) is 5.73 Å². The van der Waals surface area contributed by atoms with E-state index in [2.05, 4.69) is 12.1 Å². The Morgan fingerprint density at radius 1 is 1.22 bits per heavy atom. The maximum atomic E-state index is 12.6. The molecule has 1 fully saturated rings. The summed E-state index contributed by atoms with van der Waals surface area (Å²) in [6.45, 7) is 1.26. The fourth-order valence-electron chi connectivity index (χ4n) is 3.99. The summed E-state index contributed by atoms with van der Waals surface area (Å²) in [6.07, 6.45) is 6.73. The van der Waals surface area contributed by atoms with Crippen molar-refractivity contribution < 1.29 is 9.90 Å². The van der Waals surface area contributed by atoms with Gasteiger partial charge in [0.2, 0.25) is 0 Å². The third kappa shape index (κ3) is 3.93. The summed E-state index contributed by atoms with van der Waals surface area (Å²) in [6, 6.07) is 7.76. The quantitative estimate of drug-likeness (QED) is 0.895. The van der Waals surface area contributed by atoms with Crippen LogP contribution < -0.4 is 5.73 Å². The van der Waals surface area contributed by atoms with Gasteiger partial charge >= 0.3 is 0 Å². The van der Waals surface area contributed by atoms with Crippen molar-refractivity contribution in [2.24, 2.45) is 11.7 Å². The summed E-state index contributed by atoms with van der Waals surface area (Å²) < 4.78 is 0. The Morgan fingerprint density at radius 2 is 1.91 bits per heavy atom. The minimum absolute atomic E-state index is 0.206. The van der Waals surface area contributed by atoms with Crippen molar-refractivity contribution in [2.45, 2.75) is 63.6 Å². The molecule has 1 heterocycles. The van der Waals surface area contributed by atoms with Crippen molar-refractivity contribution in [2.75, 3.05) is 6.54 Å². The molecule has 1 aliphatic heterocycles. The summed E-state index contributed by atoms with van der Waals surface area (Å²) >= 11 is 0. The molecule has 1 saturated carbocycles. The maximum Gasteiger partial charge on any atom is 0.253 e. The summed E-state index contributed by atoms with van der Waals surface area (Å²) in [7, 11) is 0. The molecule has 23 heavy (non-hydrogen) atoms. The van der Waals surface area contributed by atoms with Gasteiger partial charge < -0.3 is 15.7 Å². The van der Waals surface area contributed by atoms with Crippen LogP contribution in [0.2, 0.25) is 0 Å². The molecule has 1 aliphatic carbocycles. The third-order valence-electron chi connectivity index (χ3n) is 5.43. The summed E-state index contributed by atoms with van der Waals surface area (Å²) in [4.78, 5) is 14.3. The number of fused-ring (bicyclic) bond motifs is 1. The lowest BCUT2D eigenvalue weighted by Gasteiger charge is -2.33. The van der Waals surface area contributed by atoms with Crippen molar-refractivity contribution in [3.63, 3.8) is 0 Å². The van der Waals surface area contributed by atoms with Crippen LogP contribution in [-0.4, -0.2) is 34.6 Å². The molecule has 126 valence electrons. The number of carbonyl (C=O) groups is 1. The van der Waals surface area contributed by atoms with Gasteiger partial charge in [-0.1, -0.05) is 56.4 Å². The van der Waals surface area contributed by atoms with Gasteiger partial charge in [0.15, 0.2) is 0 Å². The average Bonchev–Trinajstić information content (AvgIpc) is 2.61. The van der Waals surface area contributed by atoms with Crippen molar-refractivity contribution in [1.29, 1.82) is 0 Å². The van der Waals surface area contributed by atoms with Crippen molar-refractivity contribution in [3.8, 4) is 0 Å². The lowest BCUT2D eigenvalue weighted by Crippen LogP contribution is -2.50. The number of nitrogens with zero attached hydrogens (tertiary/aromatic N) is 1. The third-order valence-corrected chi connectivity index (χ3v) is 5.43. The SMILES string of the molecule is N[C@H](CC1CCCCC1)C(O)C(=O)N1CCc2ccccc2C1. The number of aliphatic hydroxyl groups excluding tert-OH is 1. The summed E-state index contributed by atoms with van der Waals surface area (Å²) in [5.74, 6) is 0.367. The topological polar surface area (TPSA) is 66.6 Å². The highest BCUT2D eigenvalue weighted by atomic mass is 16.3. The number of rotatable bonds is 4. The predicted molar refractivity (Wildman–Crippen MR) is 90.7 cm³/mol. The zero-order valence-electron chi connectivity index (χ0n) is 13.8. The molecule has 0 radical (unpaired) electrons. The summed E-state index contributed by atoms with van der Waals surface area (Å²) in [5.41, 5.74) is 8.64. The number of hydrogen-bond acceptors (Lipinski definition) is 3. The van der Waals surface area contributed by atoms with Gasteiger partial charge in [-0.15, -0.1) is 0 Å². The van der Waals surface area contributed by atoms with Gasteiger partial charge in [-0.25, -0.2) is 0 Å². The molecule has 3 N–H and O–H groups in total. The predicted octanol–water partition coefficient (Wildman–Crippen LogP) is 2.23. The van der Waals surface area contributed by atoms with Crippen LogP contribution in [0.15, 0.2) is 24.3 Å². The Bertz CT molecular complexity index is 540. The Balaban J connectivity index is 1.56. The van der Waals surface area contributed by atoms with E-state index in [1.54, 1.807) is 4.90 Å². The molecule has 0 saturated heterocycles. The zero-order chi connectivity index (χ0) is 16.2. The van der Waals surface area contributed by atoms with Crippen LogP contribution in [0, 0.1) is 5.92 Å². The molecule has 1 aromatic carbocycles. The van der Waals surface area contributed by atoms with Crippen LogP contribution in [0.4, 0.5) is 0 Å². The lowest BCUT2D eigenvalue weighted by molar-refractivity contribution is -0.142. The average molecular weight is 316 g/mol. The van der Waals surface area contributed by atoms with E-state index in [1.807, 2.05) is 12.1 Å². The molecule has 3 rings (SSSR count). The Morgan fingerprint density at radius 3 is 2.65 bits per heavy atom. The van der Waals surface area contributed by atoms with E-state index >= 15 is 0 Å². The zero-order valence-corrected chi connectivity index (χ0v) is 13.8. The second kappa shape index (κ2) is 7.45. The first-order chi connectivity index (χ1) is 11.1. The number of benzene rings is 1. The first-order valence-corrected chi connectivity index (χ1v) is 8.94. The normalized spacial score (nSPS) is 21.6. The second-order valence-corrected chi connectivity index (χ2v) is 7.13. The number of hydrogen-bond donors (Lipinski definition) is 2. The first kappa shape index (κ1) is 16.5. The molecule has 0 aromatic heterocycles. The van der Waals surface area contributed by atoms with Crippen molar-refractivity contribution >= 4 is 5.91 Å². The number of amides is 1. The van der Waals surface area contributed by atoms with Gasteiger partial charge in [0.1, 0.15) is 6.10 Å². The second-order valence-electron chi connectivity index (χ2n) is 7.13. The minimum atomic E-state index is -1.07. The van der Waals surface area contributed by atoms with E-state index in [1.165, 1.54) is 43.2 Å². The highest BCUT2D eigenvalue weighted by molar-refractivity contribution is 5.81. The molecule has 1 amide bonds. The van der Waals surface area contributed by atoms with Gasteiger partial charge in [0.25, 0.3) is 5.91 Å². The molecule has 0 spiro atoms. The molecule has 1 aromatic rings. The van der Waals surface area contributed by atoms with Crippen LogP contribution >= 0.6 is 0 Å². The summed E-state index contributed by atoms with van der Waals surface area (Å²) in [5, 5.41) is 10.4. The molecule has 4 heteroatoms. The monoisotopic (exact) mass is 316 g/mol. The van der Waals surface area contributed by atoms with Gasteiger partial charge in [-0.3, -0.25) is 4.79 Å². The largest absolute Gasteiger partial charge is 0.382 e. The Labute approximate surface area is 138 Å². The fourth-order valence-corrected chi connectivity index (χ4v) is 3.99. The number of aliphatic hydroxyl groups is 1. The van der Waals surface area contributed by atoms with Gasteiger partial charge in [-0.05, 0) is 29.9 Å². The van der Waals surface area contributed by atoms with Crippen LogP contribution in [0.3, 0.4) is 0 Å². The fraction of sp³-hybridized carbons (Fsp3) is 0.632. The molecule has 0 bridgehead atoms. The van der Waals surface area contributed by atoms with Crippen LogP contribution in [0.1, 0.15) is 49.7 Å². The van der Waals surface area contributed by atoms with E-state index < -0.39 is 12.1 Å². The number of carbonyl (C=O) groups excluding carboxylic acids is 1. The van der Waals surface area contributed by atoms with Crippen LogP contribution in [0.5, 0.6) is 0 Å². The maximum absolute atomic E-state index is 12.6. The van der Waals surface area contributed by atoms with Crippen molar-refractivity contribution in [3.05, 3.63) is 35.4 Å². The van der Waals surface area contributed by atoms with Crippen molar-refractivity contribution in [1.82, 2.24) is 4.90 Å². The smallest absolute Gasteiger partial charge is 0.253 e. The molecule has 2 aliphatic rings. The molecular weight excluding hydrogens is 288 g/mol. The highest BCUT2D eigenvalue weighted by Gasteiger charge is 2.31. The van der Waals surface area contributed by atoms with Gasteiger partial charge in [0.05, 0.1) is 0 Å². The Kier molecular flexibility index (Phi) is 5.34. The first-order valence-electron chi connectivity index (χ1n) is 8.94. The molecule has 1 unspecified atom stereocenters. The molecule has 4 nitrogen and oxygen atoms in total. The number of nitrogens with two attached hydrogens (primary N) is 1. The molecular formula is C19H28N2O2. The van der Waals surface area contributed by atoms with E-state index in [0.717, 1.165) is 12.8 Å². The molecule has 2 atom stereocenters. The van der Waals surface area contributed by atoms with Crippen LogP contribution in [0.25, 0.3) is 0 Å². The highest BCUT2D eigenvalue weighted by Crippen LogP contribution is 2.28. The van der Waals surface area contributed by atoms with Gasteiger partial charge in [0, 0.05) is 19.1 Å². The Hall–Kier alpha value is -1.39. The van der Waals surface area contributed by atoms with E-state index in [9.17, 15) is 9.90 Å². The minimum Gasteiger partial charge on any atom is -0.382 e. The standard InChI is InChI=1S/C19H28N2O2/c20-17(12-14-6-2-1-3-7-14)18(22)19(23)21-11-10-15-8-4-5-9-16(15)13-21/h4-5,8-9,14,17-18,22H,1-3,6-7,10-13,20H2/t17-,18?/m1/s1. The van der Waals surface area contributed by atoms with E-state index in [0.29, 0.717) is 19.0 Å². The van der Waals surface area contributed by atoms with Gasteiger partial charge in [-0.2, -0.15) is 0 Å². The van der Waals surface area contributed by atoms with E-state index in [-0.39, 0.29) is 5.91 Å².